The van der Waals surface area contributed by atoms with Crippen molar-refractivity contribution in [3.63, 3.8) is 0 Å². The van der Waals surface area contributed by atoms with Gasteiger partial charge < -0.3 is 5.11 Å². The average Bonchev–Trinajstić information content (AvgIpc) is 2.83. The first-order valence-corrected chi connectivity index (χ1v) is 8.25. The van der Waals surface area contributed by atoms with E-state index in [1.165, 1.54) is 0 Å². The fraction of sp³-hybridized carbons (Fsp3) is 0.136. The van der Waals surface area contributed by atoms with Gasteiger partial charge in [0.25, 0.3) is 0 Å². The van der Waals surface area contributed by atoms with E-state index in [1.807, 2.05) is 54.6 Å². The lowest BCUT2D eigenvalue weighted by molar-refractivity contribution is -0.140. The van der Waals surface area contributed by atoms with Gasteiger partial charge >= 0.3 is 5.97 Å². The summed E-state index contributed by atoms with van der Waals surface area (Å²) in [6.07, 6.45) is 0.846. The first-order valence-electron chi connectivity index (χ1n) is 8.25. The SMILES string of the molecule is O=C(O)C12c3ccccc3CC(c3ccccc31)c1ccccc12. The maximum atomic E-state index is 12.8. The van der Waals surface area contributed by atoms with E-state index in [0.717, 1.165) is 39.8 Å². The summed E-state index contributed by atoms with van der Waals surface area (Å²) in [5.41, 5.74) is 5.08. The molecule has 0 heterocycles. The highest BCUT2D eigenvalue weighted by molar-refractivity contribution is 5.94. The van der Waals surface area contributed by atoms with E-state index < -0.39 is 11.4 Å². The van der Waals surface area contributed by atoms with Crippen LogP contribution in [0.15, 0.2) is 72.8 Å². The van der Waals surface area contributed by atoms with Gasteiger partial charge in [0.15, 0.2) is 0 Å². The molecule has 0 saturated carbocycles. The summed E-state index contributed by atoms with van der Waals surface area (Å²) in [7, 11) is 0. The van der Waals surface area contributed by atoms with Crippen LogP contribution in [-0.2, 0) is 16.6 Å². The van der Waals surface area contributed by atoms with Gasteiger partial charge in [-0.15, -0.1) is 0 Å². The Bertz CT molecular complexity index is 921. The van der Waals surface area contributed by atoms with E-state index in [1.54, 1.807) is 0 Å². The van der Waals surface area contributed by atoms with Crippen molar-refractivity contribution in [3.05, 3.63) is 106 Å². The van der Waals surface area contributed by atoms with Crippen LogP contribution in [0.3, 0.4) is 0 Å². The lowest BCUT2D eigenvalue weighted by Gasteiger charge is -2.38. The number of rotatable bonds is 1. The number of hydrogen-bond acceptors (Lipinski definition) is 1. The van der Waals surface area contributed by atoms with Crippen LogP contribution < -0.4 is 0 Å². The minimum atomic E-state index is -1.11. The summed E-state index contributed by atoms with van der Waals surface area (Å²) in [6.45, 7) is 0. The molecule has 0 radical (unpaired) electrons. The number of carbonyl (C=O) groups is 1. The van der Waals surface area contributed by atoms with E-state index in [9.17, 15) is 9.90 Å². The van der Waals surface area contributed by atoms with Crippen LogP contribution in [0.1, 0.15) is 39.3 Å². The summed E-state index contributed by atoms with van der Waals surface area (Å²) in [5, 5.41) is 10.5. The molecule has 0 unspecified atom stereocenters. The molecule has 0 saturated heterocycles. The lowest BCUT2D eigenvalue weighted by Crippen LogP contribution is -2.41. The van der Waals surface area contributed by atoms with E-state index in [2.05, 4.69) is 18.2 Å². The highest BCUT2D eigenvalue weighted by Gasteiger charge is 2.53. The number of hydrogen-bond donors (Lipinski definition) is 1. The molecule has 0 aliphatic heterocycles. The largest absolute Gasteiger partial charge is 0.480 e. The molecule has 0 spiro atoms. The van der Waals surface area contributed by atoms with Crippen LogP contribution in [0.4, 0.5) is 0 Å². The molecular weight excluding hydrogens is 296 g/mol. The van der Waals surface area contributed by atoms with Gasteiger partial charge in [0.05, 0.1) is 0 Å². The van der Waals surface area contributed by atoms with Crippen molar-refractivity contribution in [1.29, 1.82) is 0 Å². The third-order valence-corrected chi connectivity index (χ3v) is 5.65. The fourth-order valence-corrected chi connectivity index (χ4v) is 4.74. The highest BCUT2D eigenvalue weighted by Crippen LogP contribution is 2.55. The Morgan fingerprint density at radius 3 is 1.88 bits per heavy atom. The number of carboxylic acid groups (broad SMARTS) is 1. The maximum Gasteiger partial charge on any atom is 0.323 e. The van der Waals surface area contributed by atoms with Gasteiger partial charge in [-0.1, -0.05) is 72.8 Å². The molecule has 2 bridgehead atoms. The topological polar surface area (TPSA) is 37.3 Å². The minimum absolute atomic E-state index is 0.216. The molecule has 3 aromatic rings. The molecule has 1 N–H and O–H groups in total. The van der Waals surface area contributed by atoms with E-state index >= 15 is 0 Å². The Hall–Kier alpha value is -2.87. The fourth-order valence-electron chi connectivity index (χ4n) is 4.74. The predicted octanol–water partition coefficient (Wildman–Crippen LogP) is 4.11. The molecule has 6 rings (SSSR count). The molecule has 0 atom stereocenters. The molecule has 2 nitrogen and oxygen atoms in total. The Morgan fingerprint density at radius 1 is 0.792 bits per heavy atom. The Balaban J connectivity index is 2.04. The van der Waals surface area contributed by atoms with Crippen LogP contribution in [0, 0.1) is 0 Å². The summed E-state index contributed by atoms with van der Waals surface area (Å²) in [4.78, 5) is 12.8. The third kappa shape index (κ3) is 1.44. The number of carboxylic acids is 1. The molecule has 3 aromatic carbocycles. The second kappa shape index (κ2) is 4.57. The van der Waals surface area contributed by atoms with Gasteiger partial charge in [0.1, 0.15) is 5.41 Å². The smallest absolute Gasteiger partial charge is 0.323 e. The Morgan fingerprint density at radius 2 is 1.29 bits per heavy atom. The van der Waals surface area contributed by atoms with Crippen LogP contribution in [-0.4, -0.2) is 11.1 Å². The van der Waals surface area contributed by atoms with Crippen molar-refractivity contribution in [2.45, 2.75) is 17.8 Å². The van der Waals surface area contributed by atoms with Crippen LogP contribution in [0.2, 0.25) is 0 Å². The zero-order chi connectivity index (χ0) is 16.3. The van der Waals surface area contributed by atoms with Crippen molar-refractivity contribution in [2.24, 2.45) is 0 Å². The van der Waals surface area contributed by atoms with Gasteiger partial charge in [-0.25, -0.2) is 0 Å². The number of benzene rings is 3. The average molecular weight is 312 g/mol. The molecule has 24 heavy (non-hydrogen) atoms. The predicted molar refractivity (Wildman–Crippen MR) is 92.4 cm³/mol. The van der Waals surface area contributed by atoms with Crippen LogP contribution in [0.5, 0.6) is 0 Å². The molecule has 0 aromatic heterocycles. The molecule has 3 aliphatic carbocycles. The van der Waals surface area contributed by atoms with Crippen molar-refractivity contribution in [3.8, 4) is 0 Å². The zero-order valence-electron chi connectivity index (χ0n) is 13.1. The second-order valence-corrected chi connectivity index (χ2v) is 6.64. The van der Waals surface area contributed by atoms with Crippen LogP contribution in [0.25, 0.3) is 0 Å². The van der Waals surface area contributed by atoms with Crippen molar-refractivity contribution in [2.75, 3.05) is 0 Å². The summed E-state index contributed by atoms with van der Waals surface area (Å²) < 4.78 is 0. The second-order valence-electron chi connectivity index (χ2n) is 6.64. The lowest BCUT2D eigenvalue weighted by atomic mass is 9.62. The molecule has 0 fully saturated rings. The standard InChI is InChI=1S/C22H16O2/c23-21(24)22-18-10-4-1-7-14(18)13-17(15-8-2-5-11-19(15)22)16-9-3-6-12-20(16)22/h1-12,17H,13H2,(H,23,24). The molecule has 0 amide bonds. The summed E-state index contributed by atoms with van der Waals surface area (Å²) >= 11 is 0. The molecule has 2 heteroatoms. The quantitative estimate of drug-likeness (QED) is 0.734. The van der Waals surface area contributed by atoms with E-state index in [-0.39, 0.29) is 5.92 Å². The first kappa shape index (κ1) is 13.6. The van der Waals surface area contributed by atoms with Gasteiger partial charge in [-0.2, -0.15) is 0 Å². The molecular formula is C22H16O2. The normalized spacial score (nSPS) is 22.9. The van der Waals surface area contributed by atoms with Crippen molar-refractivity contribution >= 4 is 5.97 Å². The Kier molecular flexibility index (Phi) is 2.58. The van der Waals surface area contributed by atoms with Crippen molar-refractivity contribution < 1.29 is 9.90 Å². The van der Waals surface area contributed by atoms with Crippen LogP contribution >= 0.6 is 0 Å². The van der Waals surface area contributed by atoms with E-state index in [0.29, 0.717) is 0 Å². The molecule has 3 aliphatic rings. The zero-order valence-corrected chi connectivity index (χ0v) is 13.1. The first-order chi connectivity index (χ1) is 11.7. The molecule has 116 valence electrons. The van der Waals surface area contributed by atoms with Gasteiger partial charge in [-0.3, -0.25) is 4.79 Å². The number of aliphatic carboxylic acids is 1. The van der Waals surface area contributed by atoms with Crippen molar-refractivity contribution in [1.82, 2.24) is 0 Å². The highest BCUT2D eigenvalue weighted by atomic mass is 16.4. The van der Waals surface area contributed by atoms with E-state index in [4.69, 9.17) is 0 Å². The minimum Gasteiger partial charge on any atom is -0.480 e. The monoisotopic (exact) mass is 312 g/mol. The Labute approximate surface area is 140 Å². The van der Waals surface area contributed by atoms with Gasteiger partial charge in [0.2, 0.25) is 0 Å². The summed E-state index contributed by atoms with van der Waals surface area (Å²) in [6, 6.07) is 24.2. The van der Waals surface area contributed by atoms with Gasteiger partial charge in [-0.05, 0) is 39.8 Å². The third-order valence-electron chi connectivity index (χ3n) is 5.65. The van der Waals surface area contributed by atoms with Gasteiger partial charge in [0, 0.05) is 5.92 Å². The summed E-state index contributed by atoms with van der Waals surface area (Å²) in [5.74, 6) is -0.580. The maximum absolute atomic E-state index is 12.8.